The molecule has 0 spiro atoms. The minimum absolute atomic E-state index is 0.409. The van der Waals surface area contributed by atoms with Gasteiger partial charge in [0.1, 0.15) is 12.4 Å². The Balaban J connectivity index is 1.61. The van der Waals surface area contributed by atoms with Crippen LogP contribution in [0.5, 0.6) is 5.75 Å². The van der Waals surface area contributed by atoms with E-state index in [1.807, 2.05) is 17.7 Å². The average Bonchev–Trinajstić information content (AvgIpc) is 2.94. The number of halogens is 1. The summed E-state index contributed by atoms with van der Waals surface area (Å²) in [5, 5.41) is 9.44. The fourth-order valence-electron chi connectivity index (χ4n) is 2.43. The van der Waals surface area contributed by atoms with Crippen LogP contribution in [0.15, 0.2) is 52.1 Å². The maximum absolute atomic E-state index is 5.91. The van der Waals surface area contributed by atoms with Gasteiger partial charge in [-0.15, -0.1) is 10.2 Å². The molecule has 0 unspecified atom stereocenters. The molecule has 6 heteroatoms. The number of nitrogens with zero attached hydrogens (tertiary/aromatic N) is 3. The van der Waals surface area contributed by atoms with E-state index in [2.05, 4.69) is 76.4 Å². The molecule has 0 saturated carbocycles. The smallest absolute Gasteiger partial charge is 0.191 e. The largest absolute Gasteiger partial charge is 0.485 e. The van der Waals surface area contributed by atoms with E-state index < -0.39 is 0 Å². The summed E-state index contributed by atoms with van der Waals surface area (Å²) in [5.41, 5.74) is 3.62. The number of thioether (sulfide) groups is 1. The van der Waals surface area contributed by atoms with Crippen LogP contribution >= 0.6 is 27.7 Å². The first-order valence-corrected chi connectivity index (χ1v) is 9.76. The maximum atomic E-state index is 5.91. The van der Waals surface area contributed by atoms with Crippen molar-refractivity contribution in [2.45, 2.75) is 31.4 Å². The Hall–Kier alpha value is -1.79. The fourth-order valence-corrected chi connectivity index (χ4v) is 3.58. The molecule has 1 heterocycles. The zero-order valence-electron chi connectivity index (χ0n) is 14.5. The number of aromatic nitrogens is 3. The molecule has 0 bridgehead atoms. The number of aryl methyl sites for hydroxylation is 2. The van der Waals surface area contributed by atoms with Crippen molar-refractivity contribution in [3.05, 3.63) is 69.5 Å². The highest BCUT2D eigenvalue weighted by Crippen LogP contribution is 2.23. The second kappa shape index (κ2) is 8.06. The second-order valence-corrected chi connectivity index (χ2v) is 7.79. The van der Waals surface area contributed by atoms with Gasteiger partial charge in [0.05, 0.1) is 0 Å². The van der Waals surface area contributed by atoms with Crippen LogP contribution in [0.1, 0.15) is 22.5 Å². The van der Waals surface area contributed by atoms with E-state index >= 15 is 0 Å². The van der Waals surface area contributed by atoms with Gasteiger partial charge in [0, 0.05) is 17.3 Å². The number of benzene rings is 2. The zero-order chi connectivity index (χ0) is 17.8. The van der Waals surface area contributed by atoms with Crippen LogP contribution < -0.4 is 4.74 Å². The Bertz CT molecular complexity index is 862. The molecule has 0 aliphatic heterocycles. The Morgan fingerprint density at radius 3 is 2.56 bits per heavy atom. The lowest BCUT2D eigenvalue weighted by molar-refractivity contribution is 0.288. The molecular formula is C19H20BrN3OS. The van der Waals surface area contributed by atoms with Gasteiger partial charge in [-0.25, -0.2) is 0 Å². The minimum Gasteiger partial charge on any atom is -0.485 e. The Kier molecular flexibility index (Phi) is 5.81. The van der Waals surface area contributed by atoms with Crippen LogP contribution in [-0.4, -0.2) is 14.8 Å². The van der Waals surface area contributed by atoms with Crippen molar-refractivity contribution in [1.82, 2.24) is 14.8 Å². The molecule has 0 aliphatic carbocycles. The SMILES string of the molecule is Cc1ccc(OCc2nnc(SCc3ccc(Br)cc3)n2C)c(C)c1. The standard InChI is InChI=1S/C19H20BrN3OS/c1-13-4-9-17(14(2)10-13)24-11-18-21-22-19(23(18)3)25-12-15-5-7-16(20)8-6-15/h4-10H,11-12H2,1-3H3. The van der Waals surface area contributed by atoms with Crippen LogP contribution in [0, 0.1) is 13.8 Å². The minimum atomic E-state index is 0.409. The van der Waals surface area contributed by atoms with Gasteiger partial charge in [0.15, 0.2) is 11.0 Å². The predicted molar refractivity (Wildman–Crippen MR) is 105 cm³/mol. The molecule has 2 aromatic carbocycles. The lowest BCUT2D eigenvalue weighted by Crippen LogP contribution is -2.05. The Morgan fingerprint density at radius 2 is 1.84 bits per heavy atom. The lowest BCUT2D eigenvalue weighted by atomic mass is 10.1. The summed E-state index contributed by atoms with van der Waals surface area (Å²) in [5.74, 6) is 2.56. The van der Waals surface area contributed by atoms with Gasteiger partial charge >= 0.3 is 0 Å². The third kappa shape index (κ3) is 4.64. The summed E-state index contributed by atoms with van der Waals surface area (Å²) in [7, 11) is 1.98. The molecule has 3 rings (SSSR count). The van der Waals surface area contributed by atoms with Crippen LogP contribution in [0.2, 0.25) is 0 Å². The van der Waals surface area contributed by atoms with Gasteiger partial charge in [0.2, 0.25) is 0 Å². The van der Waals surface area contributed by atoms with Crippen LogP contribution in [0.3, 0.4) is 0 Å². The Morgan fingerprint density at radius 1 is 1.08 bits per heavy atom. The van der Waals surface area contributed by atoms with Crippen molar-refractivity contribution in [3.63, 3.8) is 0 Å². The van der Waals surface area contributed by atoms with Crippen molar-refractivity contribution in [2.24, 2.45) is 7.05 Å². The lowest BCUT2D eigenvalue weighted by Gasteiger charge is -2.09. The topological polar surface area (TPSA) is 39.9 Å². The molecule has 130 valence electrons. The van der Waals surface area contributed by atoms with Crippen LogP contribution in [0.4, 0.5) is 0 Å². The van der Waals surface area contributed by atoms with Gasteiger partial charge in [0.25, 0.3) is 0 Å². The Labute approximate surface area is 160 Å². The first kappa shape index (κ1) is 18.0. The number of hydrogen-bond donors (Lipinski definition) is 0. The fraction of sp³-hybridized carbons (Fsp3) is 0.263. The van der Waals surface area contributed by atoms with Crippen molar-refractivity contribution < 1.29 is 4.74 Å². The summed E-state index contributed by atoms with van der Waals surface area (Å²) in [6.07, 6.45) is 0. The highest BCUT2D eigenvalue weighted by molar-refractivity contribution is 9.10. The maximum Gasteiger partial charge on any atom is 0.191 e. The first-order chi connectivity index (χ1) is 12.0. The molecule has 0 atom stereocenters. The molecule has 1 aromatic heterocycles. The molecule has 0 aliphatic rings. The van der Waals surface area contributed by atoms with E-state index in [0.717, 1.165) is 32.5 Å². The van der Waals surface area contributed by atoms with Crippen molar-refractivity contribution in [3.8, 4) is 5.75 Å². The van der Waals surface area contributed by atoms with Gasteiger partial charge in [-0.05, 0) is 43.2 Å². The number of hydrogen-bond acceptors (Lipinski definition) is 4. The third-order valence-electron chi connectivity index (χ3n) is 3.89. The van der Waals surface area contributed by atoms with E-state index in [4.69, 9.17) is 4.74 Å². The highest BCUT2D eigenvalue weighted by Gasteiger charge is 2.11. The van der Waals surface area contributed by atoms with E-state index in [1.165, 1.54) is 11.1 Å². The van der Waals surface area contributed by atoms with Gasteiger partial charge in [-0.1, -0.05) is 57.5 Å². The molecule has 0 fully saturated rings. The predicted octanol–water partition coefficient (Wildman–Crippen LogP) is 5.07. The van der Waals surface area contributed by atoms with E-state index in [9.17, 15) is 0 Å². The summed E-state index contributed by atoms with van der Waals surface area (Å²) in [4.78, 5) is 0. The summed E-state index contributed by atoms with van der Waals surface area (Å²) in [6.45, 7) is 4.54. The molecular weight excluding hydrogens is 398 g/mol. The second-order valence-electron chi connectivity index (χ2n) is 5.93. The molecule has 25 heavy (non-hydrogen) atoms. The highest BCUT2D eigenvalue weighted by atomic mass is 79.9. The quantitative estimate of drug-likeness (QED) is 0.525. The van der Waals surface area contributed by atoms with Crippen molar-refractivity contribution >= 4 is 27.7 Å². The van der Waals surface area contributed by atoms with E-state index in [1.54, 1.807) is 11.8 Å². The summed E-state index contributed by atoms with van der Waals surface area (Å²) < 4.78 is 8.99. The summed E-state index contributed by atoms with van der Waals surface area (Å²) in [6, 6.07) is 14.5. The molecule has 3 aromatic rings. The summed E-state index contributed by atoms with van der Waals surface area (Å²) >= 11 is 5.13. The molecule has 0 saturated heterocycles. The van der Waals surface area contributed by atoms with Crippen LogP contribution in [0.25, 0.3) is 0 Å². The monoisotopic (exact) mass is 417 g/mol. The molecule has 0 amide bonds. The van der Waals surface area contributed by atoms with Gasteiger partial charge < -0.3 is 9.30 Å². The zero-order valence-corrected chi connectivity index (χ0v) is 16.9. The molecule has 0 N–H and O–H groups in total. The number of rotatable bonds is 6. The molecule has 4 nitrogen and oxygen atoms in total. The van der Waals surface area contributed by atoms with Crippen molar-refractivity contribution in [2.75, 3.05) is 0 Å². The normalized spacial score (nSPS) is 10.9. The van der Waals surface area contributed by atoms with E-state index in [0.29, 0.717) is 6.61 Å². The van der Waals surface area contributed by atoms with Crippen LogP contribution in [-0.2, 0) is 19.4 Å². The first-order valence-electron chi connectivity index (χ1n) is 7.98. The number of ether oxygens (including phenoxy) is 1. The van der Waals surface area contributed by atoms with Gasteiger partial charge in [-0.3, -0.25) is 0 Å². The third-order valence-corrected chi connectivity index (χ3v) is 5.51. The average molecular weight is 418 g/mol. The van der Waals surface area contributed by atoms with E-state index in [-0.39, 0.29) is 0 Å². The molecule has 0 radical (unpaired) electrons. The van der Waals surface area contributed by atoms with Crippen molar-refractivity contribution in [1.29, 1.82) is 0 Å². The van der Waals surface area contributed by atoms with Gasteiger partial charge in [-0.2, -0.15) is 0 Å².